The Morgan fingerprint density at radius 2 is 1.90 bits per heavy atom. The first-order valence-corrected chi connectivity index (χ1v) is 13.4. The van der Waals surface area contributed by atoms with Crippen molar-refractivity contribution in [1.82, 2.24) is 19.7 Å². The lowest BCUT2D eigenvalue weighted by Gasteiger charge is -2.13. The molecule has 19 heteroatoms. The first-order chi connectivity index (χ1) is 18.4. The number of nitrogens with two attached hydrogens (primary N) is 1. The summed E-state index contributed by atoms with van der Waals surface area (Å²) in [6.45, 7) is -0.380. The van der Waals surface area contributed by atoms with Gasteiger partial charge in [-0.3, -0.25) is 0 Å². The summed E-state index contributed by atoms with van der Waals surface area (Å²) in [4.78, 5) is 24.3. The molecule has 4 rings (SSSR count). The van der Waals surface area contributed by atoms with Crippen LogP contribution in [-0.2, 0) is 38.4 Å². The van der Waals surface area contributed by atoms with Crippen LogP contribution in [0.25, 0.3) is 0 Å². The zero-order valence-electron chi connectivity index (χ0n) is 21.4. The van der Waals surface area contributed by atoms with Gasteiger partial charge in [-0.25, -0.2) is 27.9 Å². The van der Waals surface area contributed by atoms with Gasteiger partial charge in [-0.15, -0.1) is 0 Å². The van der Waals surface area contributed by atoms with Crippen LogP contribution < -0.4 is 10.5 Å². The highest BCUT2D eigenvalue weighted by Gasteiger charge is 2.43. The van der Waals surface area contributed by atoms with Crippen LogP contribution in [0.5, 0.6) is 5.88 Å². The molecule has 0 aromatic carbocycles. The van der Waals surface area contributed by atoms with Crippen molar-refractivity contribution in [3.8, 4) is 5.88 Å². The summed E-state index contributed by atoms with van der Waals surface area (Å²) in [7, 11) is -2.16. The van der Waals surface area contributed by atoms with Crippen LogP contribution in [0.15, 0.2) is 5.16 Å². The van der Waals surface area contributed by atoms with Crippen LogP contribution in [-0.4, -0.2) is 58.5 Å². The minimum atomic E-state index is -5.06. The number of hydrogen-bond donors (Lipinski definition) is 1. The van der Waals surface area contributed by atoms with Gasteiger partial charge in [0, 0.05) is 19.4 Å². The molecule has 222 valence electrons. The fourth-order valence-electron chi connectivity index (χ4n) is 3.42. The summed E-state index contributed by atoms with van der Waals surface area (Å²) in [5.41, 5.74) is 2.07. The van der Waals surface area contributed by atoms with Crippen molar-refractivity contribution in [2.24, 2.45) is 12.2 Å². The van der Waals surface area contributed by atoms with E-state index in [0.29, 0.717) is 16.4 Å². The van der Waals surface area contributed by atoms with Gasteiger partial charge < -0.3 is 20.0 Å². The number of carbonyl (C=O) groups excluding carboxylic acids is 1. The molecule has 2 aromatic heterocycles. The van der Waals surface area contributed by atoms with Gasteiger partial charge in [0.1, 0.15) is 22.3 Å². The van der Waals surface area contributed by atoms with Gasteiger partial charge in [0.05, 0.1) is 18.4 Å². The van der Waals surface area contributed by atoms with E-state index in [1.165, 1.54) is 21.0 Å². The largest absolute Gasteiger partial charge is 0.464 e. The molecule has 0 unspecified atom stereocenters. The number of nitrogens with zero attached hydrogens (tertiary/aromatic N) is 5. The summed E-state index contributed by atoms with van der Waals surface area (Å²) in [5.74, 6) is -1.80. The number of sulfone groups is 1. The van der Waals surface area contributed by atoms with E-state index in [2.05, 4.69) is 29.7 Å². The summed E-state index contributed by atoms with van der Waals surface area (Å²) in [6, 6.07) is 0. The number of methoxy groups -OCH3 is 1. The maximum Gasteiger partial charge on any atom is 0.435 e. The molecule has 0 saturated heterocycles. The average Bonchev–Trinajstić information content (AvgIpc) is 3.55. The summed E-state index contributed by atoms with van der Waals surface area (Å²) < 4.78 is 97.9. The van der Waals surface area contributed by atoms with Gasteiger partial charge in [0.2, 0.25) is 5.88 Å². The summed E-state index contributed by atoms with van der Waals surface area (Å²) >= 11 is 5.81. The normalized spacial score (nSPS) is 16.6. The lowest BCUT2D eigenvalue weighted by atomic mass is 10.1. The Balaban J connectivity index is 0.000000249. The van der Waals surface area contributed by atoms with Crippen LogP contribution in [0.2, 0.25) is 5.02 Å². The van der Waals surface area contributed by atoms with E-state index in [-0.39, 0.29) is 23.0 Å². The number of esters is 1. The van der Waals surface area contributed by atoms with E-state index in [1.807, 2.05) is 0 Å². The quantitative estimate of drug-likeness (QED) is 0.372. The second-order valence-electron chi connectivity index (χ2n) is 9.30. The second-order valence-corrected chi connectivity index (χ2v) is 11.7. The number of nitrogen functional groups attached to an aromatic ring is 1. The van der Waals surface area contributed by atoms with Gasteiger partial charge in [-0.1, -0.05) is 16.8 Å². The first kappa shape index (κ1) is 31.3. The van der Waals surface area contributed by atoms with Gasteiger partial charge in [0.25, 0.3) is 0 Å². The first-order valence-electron chi connectivity index (χ1n) is 11.3. The molecule has 0 amide bonds. The van der Waals surface area contributed by atoms with E-state index < -0.39 is 62.1 Å². The number of carbonyl (C=O) groups is 1. The van der Waals surface area contributed by atoms with Gasteiger partial charge in [-0.2, -0.15) is 27.1 Å². The molecule has 2 aliphatic rings. The Bertz CT molecular complexity index is 1430. The van der Waals surface area contributed by atoms with E-state index in [9.17, 15) is 35.2 Å². The number of aromatic nitrogens is 4. The van der Waals surface area contributed by atoms with Gasteiger partial charge in [0.15, 0.2) is 26.3 Å². The average molecular weight is 619 g/mol. The van der Waals surface area contributed by atoms with Crippen molar-refractivity contribution >= 4 is 38.3 Å². The summed E-state index contributed by atoms with van der Waals surface area (Å²) in [5, 5.41) is 6.04. The Labute approximate surface area is 229 Å². The molecule has 1 aliphatic carbocycles. The number of aryl methyl sites for hydroxylation is 1. The molecule has 1 fully saturated rings. The Kier molecular flexibility index (Phi) is 8.83. The molecule has 0 radical (unpaired) electrons. The minimum Gasteiger partial charge on any atom is -0.464 e. The lowest BCUT2D eigenvalue weighted by Crippen LogP contribution is -2.24. The van der Waals surface area contributed by atoms with Crippen LogP contribution in [0.4, 0.5) is 27.8 Å². The van der Waals surface area contributed by atoms with E-state index in [1.54, 1.807) is 0 Å². The predicted octanol–water partition coefficient (Wildman–Crippen LogP) is 3.84. The lowest BCUT2D eigenvalue weighted by molar-refractivity contribution is -0.142. The highest BCUT2D eigenvalue weighted by Crippen LogP contribution is 2.40. The Morgan fingerprint density at radius 3 is 2.38 bits per heavy atom. The van der Waals surface area contributed by atoms with Crippen LogP contribution in [0.1, 0.15) is 66.6 Å². The van der Waals surface area contributed by atoms with Crippen LogP contribution in [0, 0.1) is 0 Å². The van der Waals surface area contributed by atoms with Crippen molar-refractivity contribution < 1.29 is 49.5 Å². The second kappa shape index (κ2) is 11.3. The molecule has 2 N–H and O–H groups in total. The summed E-state index contributed by atoms with van der Waals surface area (Å²) in [6.07, 6.45) is -3.16. The van der Waals surface area contributed by atoms with Crippen molar-refractivity contribution in [2.75, 3.05) is 12.8 Å². The number of ether oxygens (including phenoxy) is 2. The molecule has 0 atom stereocenters. The maximum absolute atomic E-state index is 13.1. The van der Waals surface area contributed by atoms with Crippen molar-refractivity contribution in [1.29, 1.82) is 0 Å². The Morgan fingerprint density at radius 1 is 1.27 bits per heavy atom. The van der Waals surface area contributed by atoms with E-state index >= 15 is 0 Å². The molecular weight excluding hydrogens is 595 g/mol. The standard InChI is InChI=1S/C12H14F5N3O4S.C9H10ClN3O2/c1-11(2)4-7(19-24-11)25(21,22)5-6-8(12(15,16)17)18-20(3)9(6)23-10(13)14;1-15-9(14)6-5(10)7(11)13-8(12-6)4-2-3-4/h10H,4-5H2,1-3H3;4H,2-3H2,1H3,(H2,11,12,13). The number of halogens is 6. The van der Waals surface area contributed by atoms with Crippen molar-refractivity contribution in [3.63, 3.8) is 0 Å². The number of oxime groups is 1. The smallest absolute Gasteiger partial charge is 0.435 e. The zero-order valence-corrected chi connectivity index (χ0v) is 23.0. The molecule has 1 aliphatic heterocycles. The van der Waals surface area contributed by atoms with Crippen LogP contribution in [0.3, 0.4) is 0 Å². The zero-order chi connectivity index (χ0) is 30.2. The van der Waals surface area contributed by atoms with Crippen LogP contribution >= 0.6 is 11.6 Å². The minimum absolute atomic E-state index is 0.0496. The molecule has 0 bridgehead atoms. The number of alkyl halides is 5. The topological polar surface area (TPSA) is 161 Å². The third-order valence-corrected chi connectivity index (χ3v) is 7.42. The number of rotatable bonds is 6. The SMILES string of the molecule is COC(=O)c1nc(C2CC2)nc(N)c1Cl.Cn1nc(C(F)(F)F)c(CS(=O)(=O)C2=NOC(C)(C)C2)c1OC(F)F. The molecule has 2 aromatic rings. The van der Waals surface area contributed by atoms with E-state index in [0.717, 1.165) is 19.9 Å². The fourth-order valence-corrected chi connectivity index (χ4v) is 5.11. The number of anilines is 1. The third kappa shape index (κ3) is 7.26. The number of hydrogen-bond acceptors (Lipinski definition) is 11. The predicted molar refractivity (Wildman–Crippen MR) is 129 cm³/mol. The fraction of sp³-hybridized carbons (Fsp3) is 0.571. The molecule has 12 nitrogen and oxygen atoms in total. The molecule has 40 heavy (non-hydrogen) atoms. The molecule has 0 spiro atoms. The van der Waals surface area contributed by atoms with Crippen molar-refractivity contribution in [2.45, 2.75) is 63.2 Å². The highest BCUT2D eigenvalue weighted by atomic mass is 35.5. The molecule has 3 heterocycles. The molecular formula is C21H24ClF5N6O6S. The van der Waals surface area contributed by atoms with Gasteiger partial charge in [-0.05, 0) is 26.7 Å². The van der Waals surface area contributed by atoms with Crippen molar-refractivity contribution in [3.05, 3.63) is 27.8 Å². The highest BCUT2D eigenvalue weighted by molar-refractivity contribution is 8.05. The third-order valence-electron chi connectivity index (χ3n) is 5.44. The van der Waals surface area contributed by atoms with Gasteiger partial charge >= 0.3 is 18.8 Å². The Hall–Kier alpha value is -3.28. The van der Waals surface area contributed by atoms with E-state index in [4.69, 9.17) is 22.2 Å². The molecule has 1 saturated carbocycles. The maximum atomic E-state index is 13.1. The monoisotopic (exact) mass is 618 g/mol.